The quantitative estimate of drug-likeness (QED) is 0.771. The molecule has 0 aliphatic carbocycles. The van der Waals surface area contributed by atoms with E-state index in [4.69, 9.17) is 0 Å². The average molecular weight is 333 g/mol. The van der Waals surface area contributed by atoms with E-state index < -0.39 is 9.84 Å². The molecule has 0 radical (unpaired) electrons. The number of rotatable bonds is 6. The fourth-order valence-electron chi connectivity index (χ4n) is 1.83. The van der Waals surface area contributed by atoms with Crippen molar-refractivity contribution in [3.63, 3.8) is 0 Å². The molecule has 1 atom stereocenters. The maximum Gasteiger partial charge on any atom is 0.180 e. The molecule has 0 saturated heterocycles. The van der Waals surface area contributed by atoms with Crippen molar-refractivity contribution < 1.29 is 8.42 Å². The van der Waals surface area contributed by atoms with Crippen LogP contribution in [-0.4, -0.2) is 13.7 Å². The fraction of sp³-hybridized carbons (Fsp3) is 0.571. The summed E-state index contributed by atoms with van der Waals surface area (Å²) >= 11 is 3.31. The van der Waals surface area contributed by atoms with E-state index >= 15 is 0 Å². The minimum Gasteiger partial charge on any atom is -0.223 e. The zero-order valence-electron chi connectivity index (χ0n) is 11.2. The zero-order chi connectivity index (χ0) is 13.8. The van der Waals surface area contributed by atoms with Gasteiger partial charge in [0.2, 0.25) is 0 Å². The van der Waals surface area contributed by atoms with Crippen molar-refractivity contribution in [1.82, 2.24) is 0 Å². The van der Waals surface area contributed by atoms with Crippen LogP contribution in [0.3, 0.4) is 0 Å². The molecule has 18 heavy (non-hydrogen) atoms. The largest absolute Gasteiger partial charge is 0.223 e. The maximum absolute atomic E-state index is 12.3. The Morgan fingerprint density at radius 1 is 1.06 bits per heavy atom. The number of halogens is 1. The predicted molar refractivity (Wildman–Crippen MR) is 79.5 cm³/mol. The van der Waals surface area contributed by atoms with Crippen LogP contribution in [0.4, 0.5) is 0 Å². The summed E-state index contributed by atoms with van der Waals surface area (Å²) in [5.74, 6) is 0.632. The van der Waals surface area contributed by atoms with E-state index in [1.807, 2.05) is 0 Å². The van der Waals surface area contributed by atoms with Crippen LogP contribution >= 0.6 is 15.9 Å². The van der Waals surface area contributed by atoms with E-state index in [9.17, 15) is 8.42 Å². The van der Waals surface area contributed by atoms with Crippen LogP contribution in [0.2, 0.25) is 0 Å². The van der Waals surface area contributed by atoms with E-state index in [1.54, 1.807) is 31.2 Å². The first-order chi connectivity index (χ1) is 8.34. The molecular formula is C14H21BrO2S. The van der Waals surface area contributed by atoms with Crippen molar-refractivity contribution in [3.05, 3.63) is 28.7 Å². The summed E-state index contributed by atoms with van der Waals surface area (Å²) in [7, 11) is -3.17. The lowest BCUT2D eigenvalue weighted by molar-refractivity contribution is 0.522. The highest BCUT2D eigenvalue weighted by molar-refractivity contribution is 9.10. The summed E-state index contributed by atoms with van der Waals surface area (Å²) in [6, 6.07) is 6.87. The van der Waals surface area contributed by atoms with Crippen LogP contribution in [0.5, 0.6) is 0 Å². The van der Waals surface area contributed by atoms with Crippen molar-refractivity contribution in [2.45, 2.75) is 50.2 Å². The summed E-state index contributed by atoms with van der Waals surface area (Å²) in [4.78, 5) is 0.419. The topological polar surface area (TPSA) is 34.1 Å². The molecule has 1 aromatic carbocycles. The molecule has 0 spiro atoms. The van der Waals surface area contributed by atoms with Crippen molar-refractivity contribution in [2.24, 2.45) is 5.92 Å². The van der Waals surface area contributed by atoms with Gasteiger partial charge < -0.3 is 0 Å². The van der Waals surface area contributed by atoms with E-state index in [0.29, 0.717) is 10.8 Å². The third-order valence-electron chi connectivity index (χ3n) is 3.06. The second kappa shape index (κ2) is 6.71. The Hall–Kier alpha value is -0.350. The normalized spacial score (nSPS) is 13.8. The summed E-state index contributed by atoms with van der Waals surface area (Å²) in [5, 5.41) is -0.308. The highest BCUT2D eigenvalue weighted by atomic mass is 79.9. The second-order valence-corrected chi connectivity index (χ2v) is 8.42. The predicted octanol–water partition coefficient (Wildman–Crippen LogP) is 4.44. The Bertz CT molecular complexity index is 463. The number of sulfone groups is 1. The van der Waals surface area contributed by atoms with E-state index in [-0.39, 0.29) is 5.25 Å². The van der Waals surface area contributed by atoms with Gasteiger partial charge in [-0.1, -0.05) is 42.6 Å². The van der Waals surface area contributed by atoms with Crippen LogP contribution in [0.1, 0.15) is 40.0 Å². The van der Waals surface area contributed by atoms with Crippen LogP contribution in [-0.2, 0) is 9.84 Å². The fourth-order valence-corrected chi connectivity index (χ4v) is 3.55. The highest BCUT2D eigenvalue weighted by Gasteiger charge is 2.22. The molecule has 0 N–H and O–H groups in total. The third kappa shape index (κ3) is 4.39. The molecule has 4 heteroatoms. The lowest BCUT2D eigenvalue weighted by Gasteiger charge is -2.13. The molecule has 0 aliphatic heterocycles. The highest BCUT2D eigenvalue weighted by Crippen LogP contribution is 2.22. The van der Waals surface area contributed by atoms with Gasteiger partial charge in [0.25, 0.3) is 0 Å². The van der Waals surface area contributed by atoms with Crippen molar-refractivity contribution >= 4 is 25.8 Å². The Labute approximate surface area is 119 Å². The first kappa shape index (κ1) is 15.7. The zero-order valence-corrected chi connectivity index (χ0v) is 13.6. The van der Waals surface area contributed by atoms with Gasteiger partial charge in [0.05, 0.1) is 10.1 Å². The van der Waals surface area contributed by atoms with Crippen LogP contribution in [0.25, 0.3) is 0 Å². The van der Waals surface area contributed by atoms with Gasteiger partial charge in [0.15, 0.2) is 9.84 Å². The molecular weight excluding hydrogens is 312 g/mol. The van der Waals surface area contributed by atoms with Crippen molar-refractivity contribution in [3.8, 4) is 0 Å². The van der Waals surface area contributed by atoms with Gasteiger partial charge >= 0.3 is 0 Å². The Balaban J connectivity index is 2.71. The first-order valence-corrected chi connectivity index (χ1v) is 8.67. The lowest BCUT2D eigenvalue weighted by Crippen LogP contribution is -2.18. The molecule has 1 rings (SSSR count). The van der Waals surface area contributed by atoms with Crippen molar-refractivity contribution in [1.29, 1.82) is 0 Å². The molecule has 1 unspecified atom stereocenters. The molecule has 0 heterocycles. The van der Waals surface area contributed by atoms with E-state index in [1.165, 1.54) is 0 Å². The summed E-state index contributed by atoms with van der Waals surface area (Å²) in [6.07, 6.45) is 2.78. The molecule has 102 valence electrons. The van der Waals surface area contributed by atoms with Gasteiger partial charge in [-0.3, -0.25) is 0 Å². The molecule has 2 nitrogen and oxygen atoms in total. The molecule has 0 aromatic heterocycles. The van der Waals surface area contributed by atoms with E-state index in [2.05, 4.69) is 29.8 Å². The molecule has 0 saturated carbocycles. The Morgan fingerprint density at radius 2 is 1.61 bits per heavy atom. The van der Waals surface area contributed by atoms with Crippen LogP contribution < -0.4 is 0 Å². The maximum atomic E-state index is 12.3. The molecule has 0 aliphatic rings. The molecule has 0 amide bonds. The molecule has 1 aromatic rings. The number of hydrogen-bond donors (Lipinski definition) is 0. The summed E-state index contributed by atoms with van der Waals surface area (Å²) in [6.45, 7) is 6.12. The number of hydrogen-bond acceptors (Lipinski definition) is 2. The SMILES string of the molecule is CC(C)CCCC(C)S(=O)(=O)c1ccc(Br)cc1. The minimum atomic E-state index is -3.17. The van der Waals surface area contributed by atoms with Gasteiger partial charge in [-0.05, 0) is 43.5 Å². The Morgan fingerprint density at radius 3 is 2.11 bits per heavy atom. The average Bonchev–Trinajstić information content (AvgIpc) is 2.28. The van der Waals surface area contributed by atoms with Gasteiger partial charge in [-0.15, -0.1) is 0 Å². The monoisotopic (exact) mass is 332 g/mol. The van der Waals surface area contributed by atoms with Gasteiger partial charge in [0, 0.05) is 4.47 Å². The lowest BCUT2D eigenvalue weighted by atomic mass is 10.1. The molecule has 0 bridgehead atoms. The van der Waals surface area contributed by atoms with Crippen LogP contribution in [0.15, 0.2) is 33.6 Å². The van der Waals surface area contributed by atoms with E-state index in [0.717, 1.165) is 23.7 Å². The summed E-state index contributed by atoms with van der Waals surface area (Å²) < 4.78 is 25.5. The third-order valence-corrected chi connectivity index (χ3v) is 5.82. The van der Waals surface area contributed by atoms with Crippen LogP contribution in [0, 0.1) is 5.92 Å². The smallest absolute Gasteiger partial charge is 0.180 e. The molecule has 0 fully saturated rings. The standard InChI is InChI=1S/C14H21BrO2S/c1-11(2)5-4-6-12(3)18(16,17)14-9-7-13(15)8-10-14/h7-12H,4-6H2,1-3H3. The van der Waals surface area contributed by atoms with Crippen molar-refractivity contribution in [2.75, 3.05) is 0 Å². The van der Waals surface area contributed by atoms with Gasteiger partial charge in [0.1, 0.15) is 0 Å². The number of benzene rings is 1. The second-order valence-electron chi connectivity index (χ2n) is 5.13. The van der Waals surface area contributed by atoms with Gasteiger partial charge in [-0.2, -0.15) is 0 Å². The Kier molecular flexibility index (Phi) is 5.86. The summed E-state index contributed by atoms with van der Waals surface area (Å²) in [5.41, 5.74) is 0. The van der Waals surface area contributed by atoms with Gasteiger partial charge in [-0.25, -0.2) is 8.42 Å². The first-order valence-electron chi connectivity index (χ1n) is 6.33. The minimum absolute atomic E-state index is 0.308.